The molecule has 0 aromatic rings. The highest BCUT2D eigenvalue weighted by molar-refractivity contribution is 5.89. The molecule has 6 nitrogen and oxygen atoms in total. The highest BCUT2D eigenvalue weighted by Gasteiger charge is 2.52. The van der Waals surface area contributed by atoms with E-state index in [1.165, 1.54) is 0 Å². The Morgan fingerprint density at radius 2 is 2.19 bits per heavy atom. The van der Waals surface area contributed by atoms with Crippen molar-refractivity contribution in [2.45, 2.75) is 38.2 Å². The van der Waals surface area contributed by atoms with Gasteiger partial charge in [-0.05, 0) is 39.3 Å². The Balaban J connectivity index is 0.00000220. The lowest BCUT2D eigenvalue weighted by Gasteiger charge is -2.36. The van der Waals surface area contributed by atoms with Crippen LogP contribution in [0.3, 0.4) is 0 Å². The molecule has 0 bridgehead atoms. The Hall–Kier alpha value is -1.01. The molecule has 0 aromatic carbocycles. The van der Waals surface area contributed by atoms with Gasteiger partial charge in [0, 0.05) is 6.54 Å². The lowest BCUT2D eigenvalue weighted by atomic mass is 9.76. The number of ether oxygens (including phenoxy) is 2. The number of halogens is 1. The van der Waals surface area contributed by atoms with E-state index in [2.05, 4.69) is 6.92 Å². The van der Waals surface area contributed by atoms with Crippen LogP contribution in [0, 0.1) is 5.92 Å². The molecule has 122 valence electrons. The van der Waals surface area contributed by atoms with Gasteiger partial charge in [0.05, 0.1) is 6.54 Å². The molecule has 1 spiro atoms. The van der Waals surface area contributed by atoms with E-state index >= 15 is 0 Å². The zero-order valence-corrected chi connectivity index (χ0v) is 13.8. The molecule has 2 amide bonds. The number of likely N-dealkylation sites (N-methyl/N-ethyl adjacent to an activating group) is 1. The summed E-state index contributed by atoms with van der Waals surface area (Å²) in [5.74, 6) is 0.291. The number of hydrogen-bond donors (Lipinski definition) is 0. The monoisotopic (exact) mass is 320 g/mol. The third-order valence-electron chi connectivity index (χ3n) is 4.31. The van der Waals surface area contributed by atoms with Crippen molar-refractivity contribution in [2.75, 3.05) is 33.8 Å². The van der Waals surface area contributed by atoms with Crippen LogP contribution >= 0.6 is 12.4 Å². The molecule has 0 N–H and O–H groups in total. The zero-order valence-electron chi connectivity index (χ0n) is 13.0. The molecule has 1 aliphatic heterocycles. The summed E-state index contributed by atoms with van der Waals surface area (Å²) in [5.41, 5.74) is -0.490. The second-order valence-electron chi connectivity index (χ2n) is 6.08. The van der Waals surface area contributed by atoms with Crippen molar-refractivity contribution in [2.24, 2.45) is 5.92 Å². The number of amides is 2. The number of carbonyl (C=O) groups excluding carboxylic acids is 2. The molecule has 7 heteroatoms. The van der Waals surface area contributed by atoms with Crippen molar-refractivity contribution in [3.05, 3.63) is 0 Å². The van der Waals surface area contributed by atoms with Gasteiger partial charge in [-0.2, -0.15) is 0 Å². The third-order valence-corrected chi connectivity index (χ3v) is 4.31. The van der Waals surface area contributed by atoms with Gasteiger partial charge in [0.2, 0.25) is 0 Å². The molecule has 0 aromatic heterocycles. The number of rotatable bonds is 3. The molecular formula is C14H25ClN2O4. The van der Waals surface area contributed by atoms with E-state index in [9.17, 15) is 9.59 Å². The SMILES string of the molecule is C[C@H]1CCCC[C@@]12CN(C(=O)OCCN(C)C)C(=O)O2.Cl. The molecule has 2 atom stereocenters. The van der Waals surface area contributed by atoms with Crippen molar-refractivity contribution >= 4 is 24.6 Å². The Morgan fingerprint density at radius 1 is 1.48 bits per heavy atom. The quantitative estimate of drug-likeness (QED) is 0.799. The molecule has 2 aliphatic rings. The van der Waals surface area contributed by atoms with Gasteiger partial charge in [-0.3, -0.25) is 0 Å². The van der Waals surface area contributed by atoms with Gasteiger partial charge >= 0.3 is 12.2 Å². The van der Waals surface area contributed by atoms with Crippen LogP contribution in [0.15, 0.2) is 0 Å². The predicted molar refractivity (Wildman–Crippen MR) is 80.7 cm³/mol. The summed E-state index contributed by atoms with van der Waals surface area (Å²) in [7, 11) is 3.80. The number of nitrogens with zero attached hydrogens (tertiary/aromatic N) is 2. The van der Waals surface area contributed by atoms with Gasteiger partial charge in [0.15, 0.2) is 0 Å². The molecule has 1 aliphatic carbocycles. The predicted octanol–water partition coefficient (Wildman–Crippen LogP) is 2.51. The first-order valence-corrected chi connectivity index (χ1v) is 7.26. The maximum Gasteiger partial charge on any atom is 0.420 e. The summed E-state index contributed by atoms with van der Waals surface area (Å²) in [6, 6.07) is 0. The molecular weight excluding hydrogens is 296 g/mol. The van der Waals surface area contributed by atoms with E-state index in [0.29, 0.717) is 19.0 Å². The zero-order chi connectivity index (χ0) is 14.8. The van der Waals surface area contributed by atoms with Crippen LogP contribution in [-0.2, 0) is 9.47 Å². The van der Waals surface area contributed by atoms with Crippen LogP contribution in [0.25, 0.3) is 0 Å². The van der Waals surface area contributed by atoms with Crippen LogP contribution in [0.2, 0.25) is 0 Å². The fourth-order valence-electron chi connectivity index (χ4n) is 2.90. The smallest absolute Gasteiger partial charge is 0.420 e. The van der Waals surface area contributed by atoms with E-state index in [0.717, 1.165) is 30.6 Å². The van der Waals surface area contributed by atoms with Gasteiger partial charge in [-0.25, -0.2) is 14.5 Å². The number of carbonyl (C=O) groups is 2. The lowest BCUT2D eigenvalue weighted by Crippen LogP contribution is -2.44. The Kier molecular flexibility index (Phi) is 6.28. The second-order valence-corrected chi connectivity index (χ2v) is 6.08. The molecule has 1 saturated heterocycles. The molecule has 1 saturated carbocycles. The first-order chi connectivity index (χ1) is 9.44. The minimum absolute atomic E-state index is 0. The molecule has 1 heterocycles. The summed E-state index contributed by atoms with van der Waals surface area (Å²) in [6.45, 7) is 3.33. The molecule has 0 radical (unpaired) electrons. The third kappa shape index (κ3) is 4.01. The maximum atomic E-state index is 12.0. The van der Waals surface area contributed by atoms with Crippen LogP contribution in [-0.4, -0.2) is 61.4 Å². The first kappa shape index (κ1) is 18.0. The maximum absolute atomic E-state index is 12.0. The van der Waals surface area contributed by atoms with Gasteiger partial charge in [-0.15, -0.1) is 12.4 Å². The van der Waals surface area contributed by atoms with Gasteiger partial charge in [0.1, 0.15) is 12.2 Å². The molecule has 2 fully saturated rings. The van der Waals surface area contributed by atoms with E-state index in [4.69, 9.17) is 9.47 Å². The highest BCUT2D eigenvalue weighted by atomic mass is 35.5. The molecule has 2 rings (SSSR count). The topological polar surface area (TPSA) is 59.1 Å². The van der Waals surface area contributed by atoms with Gasteiger partial charge in [0.25, 0.3) is 0 Å². The summed E-state index contributed by atoms with van der Waals surface area (Å²) in [6.07, 6.45) is 2.92. The summed E-state index contributed by atoms with van der Waals surface area (Å²) in [5, 5.41) is 0. The first-order valence-electron chi connectivity index (χ1n) is 7.26. The van der Waals surface area contributed by atoms with Crippen LogP contribution in [0.4, 0.5) is 9.59 Å². The van der Waals surface area contributed by atoms with Crippen molar-refractivity contribution in [3.8, 4) is 0 Å². The Morgan fingerprint density at radius 3 is 2.81 bits per heavy atom. The van der Waals surface area contributed by atoms with Crippen molar-refractivity contribution < 1.29 is 19.1 Å². The largest absolute Gasteiger partial charge is 0.448 e. The fourth-order valence-corrected chi connectivity index (χ4v) is 2.90. The van der Waals surface area contributed by atoms with Crippen LogP contribution in [0.5, 0.6) is 0 Å². The fraction of sp³-hybridized carbons (Fsp3) is 0.857. The lowest BCUT2D eigenvalue weighted by molar-refractivity contribution is -0.0158. The molecule has 0 unspecified atom stereocenters. The summed E-state index contributed by atoms with van der Waals surface area (Å²) in [4.78, 5) is 26.9. The van der Waals surface area contributed by atoms with Gasteiger partial charge < -0.3 is 14.4 Å². The van der Waals surface area contributed by atoms with Gasteiger partial charge in [-0.1, -0.05) is 13.3 Å². The van der Waals surface area contributed by atoms with E-state index in [1.54, 1.807) is 0 Å². The summed E-state index contributed by atoms with van der Waals surface area (Å²) >= 11 is 0. The highest BCUT2D eigenvalue weighted by Crippen LogP contribution is 2.41. The van der Waals surface area contributed by atoms with E-state index in [-0.39, 0.29) is 19.0 Å². The Labute approximate surface area is 132 Å². The van der Waals surface area contributed by atoms with E-state index in [1.807, 2.05) is 19.0 Å². The second kappa shape index (κ2) is 7.31. The van der Waals surface area contributed by atoms with E-state index < -0.39 is 17.8 Å². The van der Waals surface area contributed by atoms with Crippen molar-refractivity contribution in [3.63, 3.8) is 0 Å². The average Bonchev–Trinajstić information content (AvgIpc) is 2.71. The van der Waals surface area contributed by atoms with Crippen molar-refractivity contribution in [1.82, 2.24) is 9.80 Å². The minimum Gasteiger partial charge on any atom is -0.448 e. The average molecular weight is 321 g/mol. The normalized spacial score (nSPS) is 28.5. The standard InChI is InChI=1S/C14H24N2O4.ClH/c1-11-6-4-5-7-14(11)10-16(13(18)20-14)12(17)19-9-8-15(2)3;/h11H,4-10H2,1-3H3;1H/t11-,14+;/m0./s1. The van der Waals surface area contributed by atoms with Crippen molar-refractivity contribution in [1.29, 1.82) is 0 Å². The Bertz CT molecular complexity index is 391. The van der Waals surface area contributed by atoms with Crippen LogP contribution < -0.4 is 0 Å². The van der Waals surface area contributed by atoms with Crippen LogP contribution in [0.1, 0.15) is 32.6 Å². The number of hydrogen-bond acceptors (Lipinski definition) is 5. The minimum atomic E-state index is -0.591. The summed E-state index contributed by atoms with van der Waals surface area (Å²) < 4.78 is 10.7. The molecule has 21 heavy (non-hydrogen) atoms. The number of imide groups is 1.